The fourth-order valence-electron chi connectivity index (χ4n) is 1.70. The second-order valence-electron chi connectivity index (χ2n) is 3.53. The second-order valence-corrected chi connectivity index (χ2v) is 3.53. The summed E-state index contributed by atoms with van der Waals surface area (Å²) in [6.45, 7) is -0.441. The third-order valence-electron chi connectivity index (χ3n) is 2.49. The molecule has 0 bridgehead atoms. The summed E-state index contributed by atoms with van der Waals surface area (Å²) in [4.78, 5) is 0. The van der Waals surface area contributed by atoms with Crippen molar-refractivity contribution >= 4 is 0 Å². The average molecular weight is 238 g/mol. The van der Waals surface area contributed by atoms with E-state index in [9.17, 15) is 13.2 Å². The Hall–Kier alpha value is -1.81. The van der Waals surface area contributed by atoms with Gasteiger partial charge in [0.25, 0.3) is 0 Å². The van der Waals surface area contributed by atoms with Crippen molar-refractivity contribution in [2.75, 3.05) is 0 Å². The second kappa shape index (κ2) is 4.59. The highest BCUT2D eigenvalue weighted by atomic mass is 19.2. The summed E-state index contributed by atoms with van der Waals surface area (Å²) in [7, 11) is 0. The van der Waals surface area contributed by atoms with Gasteiger partial charge >= 0.3 is 0 Å². The van der Waals surface area contributed by atoms with Crippen molar-refractivity contribution in [3.63, 3.8) is 0 Å². The van der Waals surface area contributed by atoms with Gasteiger partial charge in [0.2, 0.25) is 0 Å². The van der Waals surface area contributed by atoms with Gasteiger partial charge in [-0.15, -0.1) is 0 Å². The quantitative estimate of drug-likeness (QED) is 0.851. The van der Waals surface area contributed by atoms with Crippen molar-refractivity contribution < 1.29 is 18.3 Å². The molecule has 0 fully saturated rings. The maximum absolute atomic E-state index is 13.6. The summed E-state index contributed by atoms with van der Waals surface area (Å²) >= 11 is 0. The van der Waals surface area contributed by atoms with Gasteiger partial charge in [-0.25, -0.2) is 13.2 Å². The van der Waals surface area contributed by atoms with E-state index in [1.54, 1.807) is 0 Å². The van der Waals surface area contributed by atoms with Gasteiger partial charge < -0.3 is 5.11 Å². The summed E-state index contributed by atoms with van der Waals surface area (Å²) in [5.74, 6) is -2.86. The zero-order valence-corrected chi connectivity index (χ0v) is 8.75. The molecule has 0 atom stereocenters. The maximum atomic E-state index is 13.6. The normalized spacial score (nSPS) is 10.6. The van der Waals surface area contributed by atoms with Crippen molar-refractivity contribution in [1.82, 2.24) is 0 Å². The van der Waals surface area contributed by atoms with Crippen LogP contribution in [0.2, 0.25) is 0 Å². The lowest BCUT2D eigenvalue weighted by Gasteiger charge is -2.10. The molecule has 0 spiro atoms. The van der Waals surface area contributed by atoms with Crippen LogP contribution >= 0.6 is 0 Å². The SMILES string of the molecule is OCc1cccc(F)c1-c1cccc(F)c1F. The molecule has 0 heterocycles. The number of rotatable bonds is 2. The Bertz CT molecular complexity index is 552. The van der Waals surface area contributed by atoms with Crippen LogP contribution in [0.3, 0.4) is 0 Å². The van der Waals surface area contributed by atoms with Gasteiger partial charge in [-0.1, -0.05) is 24.3 Å². The molecule has 0 aromatic heterocycles. The van der Waals surface area contributed by atoms with Gasteiger partial charge in [0.1, 0.15) is 5.82 Å². The molecule has 0 unspecified atom stereocenters. The van der Waals surface area contributed by atoms with Crippen LogP contribution in [0.15, 0.2) is 36.4 Å². The Kier molecular flexibility index (Phi) is 3.15. The van der Waals surface area contributed by atoms with E-state index in [-0.39, 0.29) is 16.7 Å². The maximum Gasteiger partial charge on any atom is 0.166 e. The fraction of sp³-hybridized carbons (Fsp3) is 0.0769. The minimum absolute atomic E-state index is 0.105. The summed E-state index contributed by atoms with van der Waals surface area (Å²) in [6.07, 6.45) is 0. The van der Waals surface area contributed by atoms with Crippen molar-refractivity contribution in [2.24, 2.45) is 0 Å². The molecule has 0 aliphatic rings. The van der Waals surface area contributed by atoms with Crippen LogP contribution < -0.4 is 0 Å². The molecular weight excluding hydrogens is 229 g/mol. The Morgan fingerprint density at radius 2 is 1.53 bits per heavy atom. The number of halogens is 3. The topological polar surface area (TPSA) is 20.2 Å². The molecular formula is C13H9F3O. The molecule has 2 rings (SSSR count). The van der Waals surface area contributed by atoms with Crippen molar-refractivity contribution in [3.8, 4) is 11.1 Å². The zero-order valence-electron chi connectivity index (χ0n) is 8.75. The van der Waals surface area contributed by atoms with Crippen LogP contribution in [0, 0.1) is 17.5 Å². The minimum atomic E-state index is -1.12. The van der Waals surface area contributed by atoms with Gasteiger partial charge in [0.05, 0.1) is 6.61 Å². The highest BCUT2D eigenvalue weighted by Gasteiger charge is 2.16. The van der Waals surface area contributed by atoms with Crippen molar-refractivity contribution in [3.05, 3.63) is 59.4 Å². The third kappa shape index (κ3) is 2.03. The Labute approximate surface area is 96.1 Å². The predicted octanol–water partition coefficient (Wildman–Crippen LogP) is 3.26. The monoisotopic (exact) mass is 238 g/mol. The van der Waals surface area contributed by atoms with Gasteiger partial charge in [-0.2, -0.15) is 0 Å². The molecule has 0 radical (unpaired) electrons. The van der Waals surface area contributed by atoms with E-state index in [4.69, 9.17) is 5.11 Å². The molecule has 2 aromatic rings. The standard InChI is InChI=1S/C13H9F3O/c14-10-5-1-3-8(7-17)12(10)9-4-2-6-11(15)13(9)16/h1-6,17H,7H2. The number of aliphatic hydroxyl groups is 1. The Balaban J connectivity index is 2.72. The predicted molar refractivity (Wildman–Crippen MR) is 57.7 cm³/mol. The van der Waals surface area contributed by atoms with Crippen LogP contribution in [0.25, 0.3) is 11.1 Å². The zero-order chi connectivity index (χ0) is 12.4. The van der Waals surface area contributed by atoms with Gasteiger partial charge in [0, 0.05) is 11.1 Å². The highest BCUT2D eigenvalue weighted by Crippen LogP contribution is 2.30. The smallest absolute Gasteiger partial charge is 0.166 e. The lowest BCUT2D eigenvalue weighted by atomic mass is 9.99. The number of aliphatic hydroxyl groups excluding tert-OH is 1. The number of hydrogen-bond acceptors (Lipinski definition) is 1. The molecule has 1 nitrogen and oxygen atoms in total. The average Bonchev–Trinajstić information content (AvgIpc) is 2.33. The first-order valence-electron chi connectivity index (χ1n) is 4.97. The van der Waals surface area contributed by atoms with E-state index >= 15 is 0 Å². The van der Waals surface area contributed by atoms with Crippen molar-refractivity contribution in [1.29, 1.82) is 0 Å². The summed E-state index contributed by atoms with van der Waals surface area (Å²) < 4.78 is 40.3. The van der Waals surface area contributed by atoms with E-state index in [2.05, 4.69) is 0 Å². The largest absolute Gasteiger partial charge is 0.392 e. The van der Waals surface area contributed by atoms with E-state index in [0.29, 0.717) is 0 Å². The van der Waals surface area contributed by atoms with E-state index in [0.717, 1.165) is 12.1 Å². The Morgan fingerprint density at radius 3 is 2.24 bits per heavy atom. The molecule has 1 N–H and O–H groups in total. The van der Waals surface area contributed by atoms with Crippen LogP contribution in [0.4, 0.5) is 13.2 Å². The lowest BCUT2D eigenvalue weighted by molar-refractivity contribution is 0.282. The van der Waals surface area contributed by atoms with Gasteiger partial charge in [-0.3, -0.25) is 0 Å². The first-order chi connectivity index (χ1) is 8.15. The minimum Gasteiger partial charge on any atom is -0.392 e. The van der Waals surface area contributed by atoms with E-state index in [1.165, 1.54) is 24.3 Å². The summed E-state index contributed by atoms with van der Waals surface area (Å²) in [5.41, 5.74) is -0.0753. The van der Waals surface area contributed by atoms with Crippen LogP contribution in [-0.2, 0) is 6.61 Å². The highest BCUT2D eigenvalue weighted by molar-refractivity contribution is 5.68. The molecule has 0 amide bonds. The lowest BCUT2D eigenvalue weighted by Crippen LogP contribution is -1.97. The van der Waals surface area contributed by atoms with E-state index < -0.39 is 24.1 Å². The first kappa shape index (κ1) is 11.7. The number of benzene rings is 2. The summed E-state index contributed by atoms with van der Waals surface area (Å²) in [6, 6.07) is 7.53. The van der Waals surface area contributed by atoms with E-state index in [1.807, 2.05) is 0 Å². The molecule has 0 aliphatic heterocycles. The third-order valence-corrected chi connectivity index (χ3v) is 2.49. The molecule has 4 heteroatoms. The molecule has 0 aliphatic carbocycles. The fourth-order valence-corrected chi connectivity index (χ4v) is 1.70. The van der Waals surface area contributed by atoms with Crippen LogP contribution in [-0.4, -0.2) is 5.11 Å². The number of hydrogen-bond donors (Lipinski definition) is 1. The molecule has 88 valence electrons. The van der Waals surface area contributed by atoms with Crippen LogP contribution in [0.1, 0.15) is 5.56 Å². The molecule has 0 saturated heterocycles. The van der Waals surface area contributed by atoms with Crippen LogP contribution in [0.5, 0.6) is 0 Å². The van der Waals surface area contributed by atoms with Gasteiger partial charge in [-0.05, 0) is 17.7 Å². The molecule has 17 heavy (non-hydrogen) atoms. The van der Waals surface area contributed by atoms with Gasteiger partial charge in [0.15, 0.2) is 11.6 Å². The molecule has 2 aromatic carbocycles. The Morgan fingerprint density at radius 1 is 0.882 bits per heavy atom. The molecule has 0 saturated carbocycles. The first-order valence-corrected chi connectivity index (χ1v) is 4.97. The van der Waals surface area contributed by atoms with Crippen molar-refractivity contribution in [2.45, 2.75) is 6.61 Å². The summed E-state index contributed by atoms with van der Waals surface area (Å²) in [5, 5.41) is 9.08.